The van der Waals surface area contributed by atoms with Gasteiger partial charge in [-0.05, 0) is 12.1 Å². The standard InChI is InChI=1S/C8H13N3O2S.ClH/c1-11(2)7-5-3-4-6-8(7)14(12,13)10-9;/h3-6,10H,9H2,1-2H3;1H. The molecule has 86 valence electrons. The van der Waals surface area contributed by atoms with Crippen molar-refractivity contribution in [2.24, 2.45) is 5.84 Å². The zero-order valence-corrected chi connectivity index (χ0v) is 10.1. The molecule has 0 radical (unpaired) electrons. The summed E-state index contributed by atoms with van der Waals surface area (Å²) >= 11 is 0. The van der Waals surface area contributed by atoms with E-state index in [2.05, 4.69) is 0 Å². The zero-order valence-electron chi connectivity index (χ0n) is 8.47. The van der Waals surface area contributed by atoms with Crippen LogP contribution in [-0.2, 0) is 10.0 Å². The molecular weight excluding hydrogens is 238 g/mol. The normalized spacial score (nSPS) is 10.6. The summed E-state index contributed by atoms with van der Waals surface area (Å²) in [7, 11) is -0.0503. The van der Waals surface area contributed by atoms with Crippen LogP contribution < -0.4 is 15.6 Å². The van der Waals surface area contributed by atoms with Crippen LogP contribution in [0.25, 0.3) is 0 Å². The fourth-order valence-electron chi connectivity index (χ4n) is 1.12. The number of nitrogens with one attached hydrogen (secondary N) is 1. The Labute approximate surface area is 95.7 Å². The van der Waals surface area contributed by atoms with Gasteiger partial charge in [0.05, 0.1) is 5.69 Å². The summed E-state index contributed by atoms with van der Waals surface area (Å²) in [6, 6.07) is 6.64. The highest BCUT2D eigenvalue weighted by Gasteiger charge is 2.16. The van der Waals surface area contributed by atoms with Gasteiger partial charge in [-0.1, -0.05) is 12.1 Å². The summed E-state index contributed by atoms with van der Waals surface area (Å²) in [5.41, 5.74) is 0.602. The highest BCUT2D eigenvalue weighted by Crippen LogP contribution is 2.22. The predicted molar refractivity (Wildman–Crippen MR) is 62.5 cm³/mol. The quantitative estimate of drug-likeness (QED) is 0.600. The van der Waals surface area contributed by atoms with Gasteiger partial charge in [-0.2, -0.15) is 0 Å². The summed E-state index contributed by atoms with van der Waals surface area (Å²) in [6.45, 7) is 0. The molecule has 0 saturated heterocycles. The number of halogens is 1. The Morgan fingerprint density at radius 1 is 1.27 bits per heavy atom. The van der Waals surface area contributed by atoms with E-state index in [4.69, 9.17) is 5.84 Å². The number of sulfonamides is 1. The van der Waals surface area contributed by atoms with Crippen LogP contribution in [0.3, 0.4) is 0 Å². The van der Waals surface area contributed by atoms with E-state index in [-0.39, 0.29) is 17.3 Å². The van der Waals surface area contributed by atoms with Gasteiger partial charge in [0.15, 0.2) is 0 Å². The first-order valence-corrected chi connectivity index (χ1v) is 5.46. The SMILES string of the molecule is CN(C)c1ccccc1S(=O)(=O)NN.Cl. The van der Waals surface area contributed by atoms with E-state index in [1.54, 1.807) is 42.0 Å². The highest BCUT2D eigenvalue weighted by atomic mass is 35.5. The lowest BCUT2D eigenvalue weighted by Gasteiger charge is -2.16. The van der Waals surface area contributed by atoms with Crippen molar-refractivity contribution in [3.63, 3.8) is 0 Å². The average Bonchev–Trinajstić information content (AvgIpc) is 2.18. The molecule has 0 aliphatic rings. The molecule has 0 heterocycles. The van der Waals surface area contributed by atoms with Gasteiger partial charge in [-0.3, -0.25) is 5.84 Å². The maximum atomic E-state index is 11.5. The molecule has 0 amide bonds. The number of rotatable bonds is 3. The molecule has 15 heavy (non-hydrogen) atoms. The molecule has 0 bridgehead atoms. The third-order valence-corrected chi connectivity index (χ3v) is 3.03. The topological polar surface area (TPSA) is 75.4 Å². The first-order chi connectivity index (χ1) is 6.49. The van der Waals surface area contributed by atoms with Crippen molar-refractivity contribution < 1.29 is 8.42 Å². The van der Waals surface area contributed by atoms with E-state index < -0.39 is 10.0 Å². The summed E-state index contributed by atoms with van der Waals surface area (Å²) in [4.78, 5) is 3.68. The van der Waals surface area contributed by atoms with Crippen molar-refractivity contribution in [1.29, 1.82) is 0 Å². The summed E-state index contributed by atoms with van der Waals surface area (Å²) in [5, 5.41) is 0. The second-order valence-electron chi connectivity index (χ2n) is 2.98. The minimum absolute atomic E-state index is 0. The maximum absolute atomic E-state index is 11.5. The molecule has 0 aliphatic carbocycles. The fourth-order valence-corrected chi connectivity index (χ4v) is 2.03. The number of hydrogen-bond acceptors (Lipinski definition) is 4. The van der Waals surface area contributed by atoms with Crippen LogP contribution >= 0.6 is 12.4 Å². The smallest absolute Gasteiger partial charge is 0.255 e. The van der Waals surface area contributed by atoms with Crippen LogP contribution in [-0.4, -0.2) is 22.5 Å². The molecule has 0 aliphatic heterocycles. The van der Waals surface area contributed by atoms with Crippen LogP contribution in [0.5, 0.6) is 0 Å². The van der Waals surface area contributed by atoms with Crippen LogP contribution in [0.15, 0.2) is 29.2 Å². The number of hydrazine groups is 1. The number of nitrogens with zero attached hydrogens (tertiary/aromatic N) is 1. The molecule has 0 fully saturated rings. The Morgan fingerprint density at radius 3 is 2.27 bits per heavy atom. The van der Waals surface area contributed by atoms with E-state index in [1.807, 2.05) is 0 Å². The van der Waals surface area contributed by atoms with Gasteiger partial charge in [0.1, 0.15) is 4.90 Å². The highest BCUT2D eigenvalue weighted by molar-refractivity contribution is 7.89. The Hall–Kier alpha value is -0.820. The molecule has 0 spiro atoms. The van der Waals surface area contributed by atoms with E-state index in [9.17, 15) is 8.42 Å². The third kappa shape index (κ3) is 3.07. The monoisotopic (exact) mass is 251 g/mol. The second-order valence-corrected chi connectivity index (χ2v) is 4.67. The van der Waals surface area contributed by atoms with Gasteiger partial charge in [-0.15, -0.1) is 17.2 Å². The van der Waals surface area contributed by atoms with Gasteiger partial charge >= 0.3 is 0 Å². The molecule has 1 rings (SSSR count). The zero-order chi connectivity index (χ0) is 10.8. The van der Waals surface area contributed by atoms with Crippen molar-refractivity contribution >= 4 is 28.1 Å². The lowest BCUT2D eigenvalue weighted by molar-refractivity contribution is 0.584. The number of benzene rings is 1. The molecule has 0 unspecified atom stereocenters. The van der Waals surface area contributed by atoms with Gasteiger partial charge in [0.25, 0.3) is 10.0 Å². The van der Waals surface area contributed by atoms with E-state index in [0.29, 0.717) is 5.69 Å². The van der Waals surface area contributed by atoms with E-state index in [0.717, 1.165) is 0 Å². The van der Waals surface area contributed by atoms with Crippen molar-refractivity contribution in [3.05, 3.63) is 24.3 Å². The predicted octanol–water partition coefficient (Wildman–Crippen LogP) is 0.326. The number of para-hydroxylation sites is 1. The van der Waals surface area contributed by atoms with Crippen LogP contribution in [0.4, 0.5) is 5.69 Å². The summed E-state index contributed by atoms with van der Waals surface area (Å²) in [6.07, 6.45) is 0. The molecule has 0 saturated carbocycles. The lowest BCUT2D eigenvalue weighted by Crippen LogP contribution is -2.31. The van der Waals surface area contributed by atoms with Crippen molar-refractivity contribution in [1.82, 2.24) is 4.83 Å². The van der Waals surface area contributed by atoms with Crippen molar-refractivity contribution in [2.75, 3.05) is 19.0 Å². The molecule has 7 heteroatoms. The molecule has 3 N–H and O–H groups in total. The average molecular weight is 252 g/mol. The van der Waals surface area contributed by atoms with Gasteiger partial charge in [0, 0.05) is 14.1 Å². The minimum atomic E-state index is -3.59. The van der Waals surface area contributed by atoms with Gasteiger partial charge in [0.2, 0.25) is 0 Å². The van der Waals surface area contributed by atoms with Gasteiger partial charge in [-0.25, -0.2) is 8.42 Å². The minimum Gasteiger partial charge on any atom is -0.377 e. The van der Waals surface area contributed by atoms with Crippen molar-refractivity contribution in [3.8, 4) is 0 Å². The third-order valence-electron chi connectivity index (χ3n) is 1.79. The Bertz CT molecular complexity index is 420. The molecule has 0 aromatic heterocycles. The lowest BCUT2D eigenvalue weighted by atomic mass is 10.3. The number of nitrogens with two attached hydrogens (primary N) is 1. The summed E-state index contributed by atoms with van der Waals surface area (Å²) in [5.74, 6) is 4.95. The Balaban J connectivity index is 0.00000196. The Morgan fingerprint density at radius 2 is 1.80 bits per heavy atom. The Kier molecular flexibility index (Phi) is 5.02. The largest absolute Gasteiger partial charge is 0.377 e. The second kappa shape index (κ2) is 5.32. The molecule has 1 aromatic carbocycles. The van der Waals surface area contributed by atoms with E-state index in [1.165, 1.54) is 6.07 Å². The van der Waals surface area contributed by atoms with Crippen LogP contribution in [0.1, 0.15) is 0 Å². The molecular formula is C8H14ClN3O2S. The molecule has 5 nitrogen and oxygen atoms in total. The van der Waals surface area contributed by atoms with Crippen LogP contribution in [0, 0.1) is 0 Å². The first kappa shape index (κ1) is 14.2. The fraction of sp³-hybridized carbons (Fsp3) is 0.250. The molecule has 1 aromatic rings. The summed E-state index contributed by atoms with van der Waals surface area (Å²) < 4.78 is 22.9. The van der Waals surface area contributed by atoms with Crippen molar-refractivity contribution in [2.45, 2.75) is 4.90 Å². The number of anilines is 1. The maximum Gasteiger partial charge on any atom is 0.255 e. The van der Waals surface area contributed by atoms with Crippen LogP contribution in [0.2, 0.25) is 0 Å². The first-order valence-electron chi connectivity index (χ1n) is 3.98. The molecule has 0 atom stereocenters. The van der Waals surface area contributed by atoms with E-state index >= 15 is 0 Å². The van der Waals surface area contributed by atoms with Gasteiger partial charge < -0.3 is 4.90 Å². The number of hydrogen-bond donors (Lipinski definition) is 2.